The maximum absolute atomic E-state index is 8.93. The first-order valence-corrected chi connectivity index (χ1v) is 9.97. The summed E-state index contributed by atoms with van der Waals surface area (Å²) in [7, 11) is 0. The summed E-state index contributed by atoms with van der Waals surface area (Å²) in [6, 6.07) is 0. The van der Waals surface area contributed by atoms with Crippen LogP contribution in [0.2, 0.25) is 0 Å². The van der Waals surface area contributed by atoms with Crippen molar-refractivity contribution in [2.45, 2.75) is 110 Å². The summed E-state index contributed by atoms with van der Waals surface area (Å²) in [6.45, 7) is 4.73. The van der Waals surface area contributed by atoms with E-state index in [9.17, 15) is 0 Å². The topological polar surface area (TPSA) is 20.2 Å². The minimum atomic E-state index is 0.284. The summed E-state index contributed by atoms with van der Waals surface area (Å²) in [5.74, 6) is 1.38. The molecule has 1 radical (unpaired) electrons. The molecule has 0 aromatic heterocycles. The molecule has 0 fully saturated rings. The lowest BCUT2D eigenvalue weighted by Crippen LogP contribution is -1.94. The van der Waals surface area contributed by atoms with Crippen molar-refractivity contribution >= 4 is 0 Å². The van der Waals surface area contributed by atoms with Crippen LogP contribution in [0.15, 0.2) is 12.2 Å². The summed E-state index contributed by atoms with van der Waals surface area (Å²) < 4.78 is 0. The Bertz CT molecular complexity index is 222. The van der Waals surface area contributed by atoms with Gasteiger partial charge in [-0.15, -0.1) is 0 Å². The number of aliphatic hydroxyl groups excluding tert-OH is 1. The Balaban J connectivity index is 3.18. The monoisotopic (exact) mass is 309 g/mol. The first-order chi connectivity index (χ1) is 10.8. The van der Waals surface area contributed by atoms with E-state index >= 15 is 0 Å². The van der Waals surface area contributed by atoms with Crippen molar-refractivity contribution in [3.05, 3.63) is 18.1 Å². The van der Waals surface area contributed by atoms with E-state index in [1.165, 1.54) is 89.4 Å². The summed E-state index contributed by atoms with van der Waals surface area (Å²) in [6.07, 6.45) is 24.6. The van der Waals surface area contributed by atoms with Crippen LogP contribution in [0.4, 0.5) is 0 Å². The minimum Gasteiger partial charge on any atom is -0.396 e. The molecule has 0 aromatic rings. The Morgan fingerprint density at radius 2 is 1.23 bits per heavy atom. The van der Waals surface area contributed by atoms with Gasteiger partial charge in [-0.25, -0.2) is 0 Å². The van der Waals surface area contributed by atoms with Crippen LogP contribution < -0.4 is 0 Å². The molecule has 0 unspecified atom stereocenters. The largest absolute Gasteiger partial charge is 0.396 e. The molecule has 1 nitrogen and oxygen atoms in total. The molecule has 1 heteroatoms. The lowest BCUT2D eigenvalue weighted by Gasteiger charge is -2.06. The van der Waals surface area contributed by atoms with Crippen molar-refractivity contribution in [1.29, 1.82) is 0 Å². The van der Waals surface area contributed by atoms with E-state index in [1.54, 1.807) is 0 Å². The van der Waals surface area contributed by atoms with Crippen molar-refractivity contribution in [2.75, 3.05) is 6.61 Å². The van der Waals surface area contributed by atoms with Crippen molar-refractivity contribution in [1.82, 2.24) is 0 Å². The highest BCUT2D eigenvalue weighted by atomic mass is 16.3. The van der Waals surface area contributed by atoms with Gasteiger partial charge >= 0.3 is 0 Å². The Labute approximate surface area is 140 Å². The minimum absolute atomic E-state index is 0.284. The summed E-state index contributed by atoms with van der Waals surface area (Å²) in [4.78, 5) is 0. The molecule has 0 aliphatic carbocycles. The second kappa shape index (κ2) is 18.7. The molecule has 0 aromatic carbocycles. The molecule has 0 aliphatic rings. The van der Waals surface area contributed by atoms with Crippen molar-refractivity contribution in [3.8, 4) is 0 Å². The number of aliphatic hydroxyl groups is 1. The molecule has 0 aliphatic heterocycles. The molecular weight excluding hydrogens is 268 g/mol. The first-order valence-electron chi connectivity index (χ1n) is 9.97. The number of allylic oxidation sites excluding steroid dienone is 2. The molecule has 0 amide bonds. The SMILES string of the molecule is CCCCCCCCCCCCCCC=C[C](CC)CCO. The molecule has 0 bridgehead atoms. The number of unbranched alkanes of at least 4 members (excludes halogenated alkanes) is 12. The van der Waals surface area contributed by atoms with Gasteiger partial charge in [0.2, 0.25) is 0 Å². The van der Waals surface area contributed by atoms with Crippen LogP contribution in [0.3, 0.4) is 0 Å². The van der Waals surface area contributed by atoms with Gasteiger partial charge in [-0.3, -0.25) is 0 Å². The highest BCUT2D eigenvalue weighted by molar-refractivity contribution is 5.08. The molecule has 0 rings (SSSR count). The second-order valence-corrected chi connectivity index (χ2v) is 6.57. The predicted molar refractivity (Wildman–Crippen MR) is 100 cm³/mol. The molecular formula is C21H41O. The molecule has 0 atom stereocenters. The van der Waals surface area contributed by atoms with Gasteiger partial charge in [0.25, 0.3) is 0 Å². The molecule has 22 heavy (non-hydrogen) atoms. The zero-order valence-corrected chi connectivity index (χ0v) is 15.4. The van der Waals surface area contributed by atoms with Gasteiger partial charge in [0.15, 0.2) is 0 Å². The first kappa shape index (κ1) is 21.7. The van der Waals surface area contributed by atoms with E-state index < -0.39 is 0 Å². The fourth-order valence-electron chi connectivity index (χ4n) is 2.87. The standard InChI is InChI=1S/C21H41O/c1-3-5-6-7-8-9-10-11-12-13-14-15-16-17-18-21(4-2)19-20-22/h17-18,22H,3-16,19-20H2,1-2H3. The van der Waals surface area contributed by atoms with Gasteiger partial charge in [-0.05, 0) is 31.6 Å². The van der Waals surface area contributed by atoms with Crippen LogP contribution in [-0.2, 0) is 0 Å². The van der Waals surface area contributed by atoms with Crippen LogP contribution in [0.25, 0.3) is 0 Å². The molecule has 0 spiro atoms. The summed E-state index contributed by atoms with van der Waals surface area (Å²) >= 11 is 0. The predicted octanol–water partition coefficient (Wildman–Crippen LogP) is 7.00. The smallest absolute Gasteiger partial charge is 0.0439 e. The van der Waals surface area contributed by atoms with Crippen molar-refractivity contribution < 1.29 is 5.11 Å². The van der Waals surface area contributed by atoms with Gasteiger partial charge in [0, 0.05) is 6.61 Å². The van der Waals surface area contributed by atoms with Crippen LogP contribution in [0.1, 0.15) is 110 Å². The maximum atomic E-state index is 8.93. The van der Waals surface area contributed by atoms with Gasteiger partial charge < -0.3 is 5.11 Å². The van der Waals surface area contributed by atoms with E-state index in [4.69, 9.17) is 5.11 Å². The normalized spacial score (nSPS) is 11.8. The third-order valence-corrected chi connectivity index (χ3v) is 4.46. The van der Waals surface area contributed by atoms with Crippen molar-refractivity contribution in [2.24, 2.45) is 0 Å². The van der Waals surface area contributed by atoms with Crippen LogP contribution in [0.5, 0.6) is 0 Å². The molecule has 0 saturated heterocycles. The van der Waals surface area contributed by atoms with Gasteiger partial charge in [0.05, 0.1) is 0 Å². The lowest BCUT2D eigenvalue weighted by atomic mass is 10.0. The Morgan fingerprint density at radius 3 is 1.68 bits per heavy atom. The Kier molecular flexibility index (Phi) is 18.5. The average molecular weight is 310 g/mol. The fraction of sp³-hybridized carbons (Fsp3) is 0.857. The zero-order valence-electron chi connectivity index (χ0n) is 15.4. The van der Waals surface area contributed by atoms with Crippen LogP contribution >= 0.6 is 0 Å². The van der Waals surface area contributed by atoms with Crippen LogP contribution in [-0.4, -0.2) is 11.7 Å². The highest BCUT2D eigenvalue weighted by Crippen LogP contribution is 2.14. The molecule has 0 saturated carbocycles. The van der Waals surface area contributed by atoms with E-state index in [-0.39, 0.29) is 6.61 Å². The van der Waals surface area contributed by atoms with Gasteiger partial charge in [-0.2, -0.15) is 0 Å². The molecule has 1 N–H and O–H groups in total. The Hall–Kier alpha value is -0.300. The number of hydrogen-bond acceptors (Lipinski definition) is 1. The van der Waals surface area contributed by atoms with E-state index in [2.05, 4.69) is 26.0 Å². The summed E-state index contributed by atoms with van der Waals surface area (Å²) in [5.41, 5.74) is 0. The quantitative estimate of drug-likeness (QED) is 0.287. The van der Waals surface area contributed by atoms with E-state index in [0.717, 1.165) is 12.8 Å². The second-order valence-electron chi connectivity index (χ2n) is 6.57. The van der Waals surface area contributed by atoms with E-state index in [1.807, 2.05) is 0 Å². The van der Waals surface area contributed by atoms with Crippen LogP contribution in [0, 0.1) is 5.92 Å². The van der Waals surface area contributed by atoms with Gasteiger partial charge in [0.1, 0.15) is 0 Å². The average Bonchev–Trinajstić information content (AvgIpc) is 2.54. The molecule has 0 heterocycles. The molecule has 131 valence electrons. The van der Waals surface area contributed by atoms with Gasteiger partial charge in [-0.1, -0.05) is 96.6 Å². The third-order valence-electron chi connectivity index (χ3n) is 4.46. The van der Waals surface area contributed by atoms with Crippen molar-refractivity contribution in [3.63, 3.8) is 0 Å². The zero-order chi connectivity index (χ0) is 16.3. The Morgan fingerprint density at radius 1 is 0.727 bits per heavy atom. The van der Waals surface area contributed by atoms with E-state index in [0.29, 0.717) is 0 Å². The number of hydrogen-bond donors (Lipinski definition) is 1. The fourth-order valence-corrected chi connectivity index (χ4v) is 2.87. The highest BCUT2D eigenvalue weighted by Gasteiger charge is 2.00. The third kappa shape index (κ3) is 16.1. The maximum Gasteiger partial charge on any atom is 0.0439 e. The number of rotatable bonds is 17. The summed E-state index contributed by atoms with van der Waals surface area (Å²) in [5, 5.41) is 8.93. The lowest BCUT2D eigenvalue weighted by molar-refractivity contribution is 0.293.